The number of methoxy groups -OCH3 is 1. The Hall–Kier alpha value is -1.62. The number of nitrogens with zero attached hydrogens (tertiary/aromatic N) is 1. The van der Waals surface area contributed by atoms with Gasteiger partial charge in [-0.2, -0.15) is 0 Å². The molecule has 1 aromatic heterocycles. The van der Waals surface area contributed by atoms with E-state index in [1.165, 1.54) is 7.11 Å². The second-order valence-corrected chi connectivity index (χ2v) is 4.72. The van der Waals surface area contributed by atoms with Gasteiger partial charge in [0.15, 0.2) is 6.10 Å². The highest BCUT2D eigenvalue weighted by Crippen LogP contribution is 2.19. The van der Waals surface area contributed by atoms with Crippen LogP contribution >= 0.6 is 0 Å². The van der Waals surface area contributed by atoms with Gasteiger partial charge in [-0.3, -0.25) is 4.98 Å². The third kappa shape index (κ3) is 4.87. The van der Waals surface area contributed by atoms with Gasteiger partial charge in [-0.25, -0.2) is 4.79 Å². The lowest BCUT2D eigenvalue weighted by molar-refractivity contribution is -0.147. The van der Waals surface area contributed by atoms with Crippen LogP contribution in [0.15, 0.2) is 12.1 Å². The standard InChI is InChI=1S/C14H22N2O3/c1-9(2)15-8-12-13(7-6-10(3)16-12)19-11(4)14(17)18-5/h6-7,9,11,15H,8H2,1-5H3. The molecule has 0 bridgehead atoms. The first-order valence-corrected chi connectivity index (χ1v) is 6.38. The summed E-state index contributed by atoms with van der Waals surface area (Å²) < 4.78 is 10.3. The predicted octanol–water partition coefficient (Wildman–Crippen LogP) is 1.83. The largest absolute Gasteiger partial charge is 0.477 e. The summed E-state index contributed by atoms with van der Waals surface area (Å²) in [5.41, 5.74) is 1.71. The van der Waals surface area contributed by atoms with Crippen molar-refractivity contribution in [2.45, 2.75) is 46.4 Å². The third-order valence-corrected chi connectivity index (χ3v) is 2.59. The summed E-state index contributed by atoms with van der Waals surface area (Å²) in [5, 5.41) is 3.29. The number of ether oxygens (including phenoxy) is 2. The topological polar surface area (TPSA) is 60.5 Å². The van der Waals surface area contributed by atoms with E-state index < -0.39 is 12.1 Å². The van der Waals surface area contributed by atoms with Crippen LogP contribution in [0.5, 0.6) is 5.75 Å². The zero-order valence-electron chi connectivity index (χ0n) is 12.2. The second-order valence-electron chi connectivity index (χ2n) is 4.72. The first-order valence-electron chi connectivity index (χ1n) is 6.38. The lowest BCUT2D eigenvalue weighted by Crippen LogP contribution is -2.27. The van der Waals surface area contributed by atoms with Crippen LogP contribution in [-0.4, -0.2) is 30.2 Å². The lowest BCUT2D eigenvalue weighted by Gasteiger charge is -2.16. The van der Waals surface area contributed by atoms with E-state index in [4.69, 9.17) is 4.74 Å². The quantitative estimate of drug-likeness (QED) is 0.796. The van der Waals surface area contributed by atoms with E-state index in [0.29, 0.717) is 18.3 Å². The molecule has 1 heterocycles. The molecule has 1 unspecified atom stereocenters. The number of nitrogens with one attached hydrogen (secondary N) is 1. The normalized spacial score (nSPS) is 12.3. The molecule has 5 heteroatoms. The molecule has 0 aliphatic heterocycles. The summed E-state index contributed by atoms with van der Waals surface area (Å²) in [6.07, 6.45) is -0.646. The van der Waals surface area contributed by atoms with E-state index in [1.807, 2.05) is 19.1 Å². The van der Waals surface area contributed by atoms with Crippen LogP contribution in [0.25, 0.3) is 0 Å². The van der Waals surface area contributed by atoms with Crippen LogP contribution < -0.4 is 10.1 Å². The average molecular weight is 266 g/mol. The molecule has 0 aliphatic rings. The van der Waals surface area contributed by atoms with E-state index >= 15 is 0 Å². The molecule has 1 rings (SSSR count). The fraction of sp³-hybridized carbons (Fsp3) is 0.571. The Bertz CT molecular complexity index is 433. The predicted molar refractivity (Wildman–Crippen MR) is 73.1 cm³/mol. The molecule has 106 valence electrons. The number of aryl methyl sites for hydroxylation is 1. The number of carbonyl (C=O) groups is 1. The molecule has 0 aliphatic carbocycles. The van der Waals surface area contributed by atoms with Crippen LogP contribution in [-0.2, 0) is 16.1 Å². The first kappa shape index (κ1) is 15.4. The maximum Gasteiger partial charge on any atom is 0.346 e. The summed E-state index contributed by atoms with van der Waals surface area (Å²) in [6.45, 7) is 8.31. The Balaban J connectivity index is 2.84. The third-order valence-electron chi connectivity index (χ3n) is 2.59. The number of pyridine rings is 1. The van der Waals surface area contributed by atoms with E-state index in [0.717, 1.165) is 11.4 Å². The van der Waals surface area contributed by atoms with Gasteiger partial charge in [0.05, 0.1) is 12.8 Å². The Morgan fingerprint density at radius 1 is 1.37 bits per heavy atom. The van der Waals surface area contributed by atoms with Crippen molar-refractivity contribution in [3.63, 3.8) is 0 Å². The number of hydrogen-bond donors (Lipinski definition) is 1. The van der Waals surface area contributed by atoms with Crippen molar-refractivity contribution in [1.29, 1.82) is 0 Å². The zero-order valence-corrected chi connectivity index (χ0v) is 12.2. The Kier molecular flexibility index (Phi) is 5.76. The molecule has 5 nitrogen and oxygen atoms in total. The van der Waals surface area contributed by atoms with Crippen LogP contribution in [0.2, 0.25) is 0 Å². The van der Waals surface area contributed by atoms with Crippen molar-refractivity contribution in [2.75, 3.05) is 7.11 Å². The number of aromatic nitrogens is 1. The number of hydrogen-bond acceptors (Lipinski definition) is 5. The summed E-state index contributed by atoms with van der Waals surface area (Å²) >= 11 is 0. The van der Waals surface area contributed by atoms with Gasteiger partial charge in [-0.1, -0.05) is 13.8 Å². The SMILES string of the molecule is COC(=O)C(C)Oc1ccc(C)nc1CNC(C)C. The fourth-order valence-electron chi connectivity index (χ4n) is 1.54. The zero-order chi connectivity index (χ0) is 14.4. The summed E-state index contributed by atoms with van der Waals surface area (Å²) in [7, 11) is 1.34. The van der Waals surface area contributed by atoms with E-state index in [1.54, 1.807) is 6.92 Å². The van der Waals surface area contributed by atoms with Gasteiger partial charge in [-0.15, -0.1) is 0 Å². The summed E-state index contributed by atoms with van der Waals surface area (Å²) in [4.78, 5) is 15.8. The highest BCUT2D eigenvalue weighted by molar-refractivity contribution is 5.74. The molecule has 0 fully saturated rings. The molecule has 0 radical (unpaired) electrons. The van der Waals surface area contributed by atoms with Crippen molar-refractivity contribution in [3.05, 3.63) is 23.5 Å². The van der Waals surface area contributed by atoms with Crippen LogP contribution in [0.1, 0.15) is 32.2 Å². The van der Waals surface area contributed by atoms with Gasteiger partial charge in [0.2, 0.25) is 0 Å². The molecule has 0 spiro atoms. The van der Waals surface area contributed by atoms with Gasteiger partial charge in [0.25, 0.3) is 0 Å². The molecule has 1 aromatic rings. The Morgan fingerprint density at radius 2 is 2.05 bits per heavy atom. The minimum absolute atomic E-state index is 0.355. The Morgan fingerprint density at radius 3 is 2.63 bits per heavy atom. The molecule has 1 N–H and O–H groups in total. The van der Waals surface area contributed by atoms with E-state index in [9.17, 15) is 4.79 Å². The molecule has 0 saturated heterocycles. The van der Waals surface area contributed by atoms with E-state index in [2.05, 4.69) is 28.9 Å². The maximum atomic E-state index is 11.4. The number of esters is 1. The number of rotatable bonds is 6. The van der Waals surface area contributed by atoms with Crippen LogP contribution in [0, 0.1) is 6.92 Å². The Labute approximate surface area is 114 Å². The monoisotopic (exact) mass is 266 g/mol. The van der Waals surface area contributed by atoms with Crippen molar-refractivity contribution in [2.24, 2.45) is 0 Å². The molecular weight excluding hydrogens is 244 g/mol. The average Bonchev–Trinajstić information content (AvgIpc) is 2.37. The van der Waals surface area contributed by atoms with Gasteiger partial charge >= 0.3 is 5.97 Å². The van der Waals surface area contributed by atoms with Crippen molar-refractivity contribution in [3.8, 4) is 5.75 Å². The fourth-order valence-corrected chi connectivity index (χ4v) is 1.54. The first-order chi connectivity index (χ1) is 8.93. The van der Waals surface area contributed by atoms with Gasteiger partial charge in [0, 0.05) is 18.3 Å². The second kappa shape index (κ2) is 7.09. The molecule has 19 heavy (non-hydrogen) atoms. The highest BCUT2D eigenvalue weighted by Gasteiger charge is 2.17. The smallest absolute Gasteiger partial charge is 0.346 e. The molecule has 1 atom stereocenters. The van der Waals surface area contributed by atoms with Gasteiger partial charge < -0.3 is 14.8 Å². The van der Waals surface area contributed by atoms with Crippen LogP contribution in [0.3, 0.4) is 0 Å². The molecule has 0 amide bonds. The van der Waals surface area contributed by atoms with E-state index in [-0.39, 0.29) is 0 Å². The van der Waals surface area contributed by atoms with Gasteiger partial charge in [0.1, 0.15) is 5.75 Å². The lowest BCUT2D eigenvalue weighted by atomic mass is 10.2. The minimum atomic E-state index is -0.646. The van der Waals surface area contributed by atoms with Crippen molar-refractivity contribution in [1.82, 2.24) is 10.3 Å². The summed E-state index contributed by atoms with van der Waals surface area (Å²) in [5.74, 6) is 0.208. The molecule has 0 aromatic carbocycles. The molecule has 0 saturated carbocycles. The van der Waals surface area contributed by atoms with Gasteiger partial charge in [-0.05, 0) is 26.0 Å². The minimum Gasteiger partial charge on any atom is -0.477 e. The van der Waals surface area contributed by atoms with Crippen molar-refractivity contribution >= 4 is 5.97 Å². The number of carbonyl (C=O) groups excluding carboxylic acids is 1. The van der Waals surface area contributed by atoms with Crippen LogP contribution in [0.4, 0.5) is 0 Å². The maximum absolute atomic E-state index is 11.4. The summed E-state index contributed by atoms with van der Waals surface area (Å²) in [6, 6.07) is 4.05. The highest BCUT2D eigenvalue weighted by atomic mass is 16.6. The van der Waals surface area contributed by atoms with Crippen molar-refractivity contribution < 1.29 is 14.3 Å². The molecular formula is C14H22N2O3.